The Balaban J connectivity index is 1.53. The average molecular weight is 292 g/mol. The van der Waals surface area contributed by atoms with Crippen LogP contribution in [0.15, 0.2) is 54.6 Å². The van der Waals surface area contributed by atoms with Gasteiger partial charge in [0, 0.05) is 24.3 Å². The predicted octanol–water partition coefficient (Wildman–Crippen LogP) is 2.32. The highest BCUT2D eigenvalue weighted by atomic mass is 16.2. The van der Waals surface area contributed by atoms with Gasteiger partial charge in [-0.3, -0.25) is 9.59 Å². The summed E-state index contributed by atoms with van der Waals surface area (Å²) in [5, 5.41) is 2.97. The minimum absolute atomic E-state index is 0.00196. The number of anilines is 1. The zero-order valence-corrected chi connectivity index (χ0v) is 12.1. The Labute approximate surface area is 128 Å². The molecule has 4 nitrogen and oxygen atoms in total. The van der Waals surface area contributed by atoms with Gasteiger partial charge in [-0.25, -0.2) is 0 Å². The van der Waals surface area contributed by atoms with Crippen LogP contribution >= 0.6 is 0 Å². The van der Waals surface area contributed by atoms with Crippen molar-refractivity contribution in [3.05, 3.63) is 65.7 Å². The minimum atomic E-state index is -0.460. The molecule has 4 rings (SSSR count). The SMILES string of the molecule is O=C(c1ccccc1)N1CC2(Cc3ccccc3NC2=O)C1. The first-order valence-electron chi connectivity index (χ1n) is 7.42. The normalized spacial score (nSPS) is 18.4. The number of hydrogen-bond acceptors (Lipinski definition) is 2. The van der Waals surface area contributed by atoms with Crippen LogP contribution in [-0.4, -0.2) is 29.8 Å². The first kappa shape index (κ1) is 13.1. The molecule has 0 radical (unpaired) electrons. The highest BCUT2D eigenvalue weighted by molar-refractivity contribution is 6.02. The highest BCUT2D eigenvalue weighted by Crippen LogP contribution is 2.41. The number of benzene rings is 2. The van der Waals surface area contributed by atoms with Gasteiger partial charge in [0.2, 0.25) is 5.91 Å². The largest absolute Gasteiger partial charge is 0.336 e. The van der Waals surface area contributed by atoms with Crippen molar-refractivity contribution in [2.24, 2.45) is 5.41 Å². The first-order valence-corrected chi connectivity index (χ1v) is 7.42. The topological polar surface area (TPSA) is 49.4 Å². The minimum Gasteiger partial charge on any atom is -0.336 e. The standard InChI is InChI=1S/C18H16N2O2/c21-16(13-6-2-1-3-7-13)20-11-18(12-20)10-14-8-4-5-9-15(14)19-17(18)22/h1-9H,10-12H2,(H,19,22). The van der Waals surface area contributed by atoms with Crippen molar-refractivity contribution >= 4 is 17.5 Å². The Morgan fingerprint density at radius 2 is 1.68 bits per heavy atom. The number of likely N-dealkylation sites (tertiary alicyclic amines) is 1. The molecular weight excluding hydrogens is 276 g/mol. The predicted molar refractivity (Wildman–Crippen MR) is 83.6 cm³/mol. The summed E-state index contributed by atoms with van der Waals surface area (Å²) in [6.07, 6.45) is 0.702. The summed E-state index contributed by atoms with van der Waals surface area (Å²) in [5.74, 6) is 0.0289. The van der Waals surface area contributed by atoms with Crippen LogP contribution in [-0.2, 0) is 11.2 Å². The van der Waals surface area contributed by atoms with E-state index in [9.17, 15) is 9.59 Å². The molecule has 2 aromatic rings. The number of amides is 2. The summed E-state index contributed by atoms with van der Waals surface area (Å²) < 4.78 is 0. The highest BCUT2D eigenvalue weighted by Gasteiger charge is 2.52. The van der Waals surface area contributed by atoms with Crippen LogP contribution < -0.4 is 5.32 Å². The molecule has 2 aliphatic rings. The number of carbonyl (C=O) groups excluding carboxylic acids is 2. The van der Waals surface area contributed by atoms with Crippen LogP contribution in [0.2, 0.25) is 0 Å². The van der Waals surface area contributed by atoms with Crippen molar-refractivity contribution in [2.45, 2.75) is 6.42 Å². The molecule has 4 heteroatoms. The lowest BCUT2D eigenvalue weighted by Gasteiger charge is -2.50. The zero-order valence-electron chi connectivity index (χ0n) is 12.1. The van der Waals surface area contributed by atoms with Crippen molar-refractivity contribution in [1.29, 1.82) is 0 Å². The molecule has 0 saturated carbocycles. The smallest absolute Gasteiger partial charge is 0.253 e. The molecule has 0 atom stereocenters. The summed E-state index contributed by atoms with van der Waals surface area (Å²) in [6.45, 7) is 0.974. The Morgan fingerprint density at radius 1 is 1.00 bits per heavy atom. The lowest BCUT2D eigenvalue weighted by atomic mass is 9.71. The fraction of sp³-hybridized carbons (Fsp3) is 0.222. The van der Waals surface area contributed by atoms with Crippen molar-refractivity contribution in [1.82, 2.24) is 4.90 Å². The molecule has 2 aromatic carbocycles. The number of hydrogen-bond donors (Lipinski definition) is 1. The molecule has 1 spiro atoms. The van der Waals surface area contributed by atoms with E-state index in [2.05, 4.69) is 5.32 Å². The molecule has 1 N–H and O–H groups in total. The van der Waals surface area contributed by atoms with E-state index in [1.165, 1.54) is 0 Å². The van der Waals surface area contributed by atoms with Gasteiger partial charge in [0.25, 0.3) is 5.91 Å². The van der Waals surface area contributed by atoms with E-state index in [0.717, 1.165) is 11.3 Å². The Bertz CT molecular complexity index is 749. The number of para-hydroxylation sites is 1. The van der Waals surface area contributed by atoms with Gasteiger partial charge >= 0.3 is 0 Å². The first-order chi connectivity index (χ1) is 10.7. The van der Waals surface area contributed by atoms with E-state index >= 15 is 0 Å². The maximum absolute atomic E-state index is 12.4. The van der Waals surface area contributed by atoms with E-state index in [1.807, 2.05) is 54.6 Å². The van der Waals surface area contributed by atoms with Gasteiger partial charge < -0.3 is 10.2 Å². The van der Waals surface area contributed by atoms with Gasteiger partial charge in [0.1, 0.15) is 0 Å². The second-order valence-electron chi connectivity index (χ2n) is 6.10. The van der Waals surface area contributed by atoms with Crippen LogP contribution in [0, 0.1) is 5.41 Å². The summed E-state index contributed by atoms with van der Waals surface area (Å²) in [6, 6.07) is 17.1. The van der Waals surface area contributed by atoms with Crippen LogP contribution in [0.1, 0.15) is 15.9 Å². The van der Waals surface area contributed by atoms with E-state index in [0.29, 0.717) is 25.1 Å². The number of carbonyl (C=O) groups is 2. The third kappa shape index (κ3) is 1.91. The number of nitrogens with zero attached hydrogens (tertiary/aromatic N) is 1. The van der Waals surface area contributed by atoms with Crippen LogP contribution in [0.4, 0.5) is 5.69 Å². The Kier molecular flexibility index (Phi) is 2.79. The lowest BCUT2D eigenvalue weighted by molar-refractivity contribution is -0.134. The Hall–Kier alpha value is -2.62. The third-order valence-corrected chi connectivity index (χ3v) is 4.57. The van der Waals surface area contributed by atoms with Gasteiger partial charge in [-0.2, -0.15) is 0 Å². The van der Waals surface area contributed by atoms with E-state index in [1.54, 1.807) is 4.90 Å². The lowest BCUT2D eigenvalue weighted by Crippen LogP contribution is -2.65. The number of rotatable bonds is 1. The third-order valence-electron chi connectivity index (χ3n) is 4.57. The summed E-state index contributed by atoms with van der Waals surface area (Å²) >= 11 is 0. The maximum Gasteiger partial charge on any atom is 0.253 e. The fourth-order valence-corrected chi connectivity index (χ4v) is 3.34. The average Bonchev–Trinajstić information content (AvgIpc) is 2.52. The van der Waals surface area contributed by atoms with Crippen LogP contribution in [0.5, 0.6) is 0 Å². The van der Waals surface area contributed by atoms with Crippen molar-refractivity contribution in [3.8, 4) is 0 Å². The molecule has 0 bridgehead atoms. The fourth-order valence-electron chi connectivity index (χ4n) is 3.34. The molecule has 2 amide bonds. The summed E-state index contributed by atoms with van der Waals surface area (Å²) in [4.78, 5) is 26.6. The second-order valence-corrected chi connectivity index (χ2v) is 6.10. The number of nitrogens with one attached hydrogen (secondary N) is 1. The molecule has 0 unspecified atom stereocenters. The maximum atomic E-state index is 12.4. The van der Waals surface area contributed by atoms with E-state index in [-0.39, 0.29) is 11.8 Å². The monoisotopic (exact) mass is 292 g/mol. The molecule has 2 heterocycles. The Morgan fingerprint density at radius 3 is 2.45 bits per heavy atom. The van der Waals surface area contributed by atoms with Gasteiger partial charge in [-0.15, -0.1) is 0 Å². The summed E-state index contributed by atoms with van der Waals surface area (Å²) in [5.41, 5.74) is 2.26. The molecule has 0 aromatic heterocycles. The second kappa shape index (κ2) is 4.70. The van der Waals surface area contributed by atoms with Crippen molar-refractivity contribution in [2.75, 3.05) is 18.4 Å². The van der Waals surface area contributed by atoms with Gasteiger partial charge in [-0.05, 0) is 30.2 Å². The molecule has 110 valence electrons. The van der Waals surface area contributed by atoms with Crippen LogP contribution in [0.25, 0.3) is 0 Å². The van der Waals surface area contributed by atoms with Gasteiger partial charge in [0.05, 0.1) is 5.41 Å². The molecular formula is C18H16N2O2. The van der Waals surface area contributed by atoms with E-state index in [4.69, 9.17) is 0 Å². The molecule has 1 saturated heterocycles. The quantitative estimate of drug-likeness (QED) is 0.877. The molecule has 1 fully saturated rings. The van der Waals surface area contributed by atoms with Gasteiger partial charge in [0.15, 0.2) is 0 Å². The molecule has 2 aliphatic heterocycles. The van der Waals surface area contributed by atoms with Crippen molar-refractivity contribution < 1.29 is 9.59 Å². The van der Waals surface area contributed by atoms with Gasteiger partial charge in [-0.1, -0.05) is 36.4 Å². The van der Waals surface area contributed by atoms with E-state index < -0.39 is 5.41 Å². The number of fused-ring (bicyclic) bond motifs is 1. The summed E-state index contributed by atoms with van der Waals surface area (Å²) in [7, 11) is 0. The van der Waals surface area contributed by atoms with Crippen molar-refractivity contribution in [3.63, 3.8) is 0 Å². The molecule has 0 aliphatic carbocycles. The molecule has 22 heavy (non-hydrogen) atoms. The van der Waals surface area contributed by atoms with Crippen LogP contribution in [0.3, 0.4) is 0 Å². The zero-order chi connectivity index (χ0) is 15.2.